The van der Waals surface area contributed by atoms with Gasteiger partial charge in [0.05, 0.1) is 5.69 Å². The average Bonchev–Trinajstić information content (AvgIpc) is 2.67. The van der Waals surface area contributed by atoms with Gasteiger partial charge in [-0.2, -0.15) is 0 Å². The second kappa shape index (κ2) is 5.50. The van der Waals surface area contributed by atoms with E-state index in [2.05, 4.69) is 5.32 Å². The number of aryl methyl sites for hydroxylation is 1. The molecule has 5 N–H and O–H groups in total. The fraction of sp³-hybridized carbons (Fsp3) is 0.286. The number of nitrogen functional groups attached to an aromatic ring is 1. The molecule has 0 saturated heterocycles. The topological polar surface area (TPSA) is 98.2 Å². The highest BCUT2D eigenvalue weighted by Crippen LogP contribution is 2.35. The molecule has 1 aromatic heterocycles. The van der Waals surface area contributed by atoms with Crippen molar-refractivity contribution in [1.82, 2.24) is 5.32 Å². The van der Waals surface area contributed by atoms with Crippen molar-refractivity contribution in [3.8, 4) is 0 Å². The minimum Gasteiger partial charge on any atom is -0.397 e. The molecule has 0 bridgehead atoms. The van der Waals surface area contributed by atoms with Gasteiger partial charge < -0.3 is 16.8 Å². The highest BCUT2D eigenvalue weighted by molar-refractivity contribution is 7.21. The minimum atomic E-state index is -0.446. The zero-order valence-electron chi connectivity index (χ0n) is 11.4. The van der Waals surface area contributed by atoms with Gasteiger partial charge in [-0.15, -0.1) is 11.3 Å². The van der Waals surface area contributed by atoms with Crippen molar-refractivity contribution >= 4 is 38.9 Å². The lowest BCUT2D eigenvalue weighted by Gasteiger charge is -2.11. The highest BCUT2D eigenvalue weighted by Gasteiger charge is 2.19. The predicted molar refractivity (Wildman–Crippen MR) is 81.7 cm³/mol. The van der Waals surface area contributed by atoms with Crippen LogP contribution >= 0.6 is 11.3 Å². The smallest absolute Gasteiger partial charge is 0.263 e. The number of amides is 2. The number of carbonyl (C=O) groups excluding carboxylic acids is 2. The second-order valence-corrected chi connectivity index (χ2v) is 5.86. The molecule has 20 heavy (non-hydrogen) atoms. The number of nitrogens with one attached hydrogen (secondary N) is 1. The molecule has 0 spiro atoms. The van der Waals surface area contributed by atoms with Crippen molar-refractivity contribution in [3.05, 3.63) is 28.6 Å². The number of hydrogen-bond donors (Lipinski definition) is 3. The molecule has 2 aromatic rings. The maximum Gasteiger partial charge on any atom is 0.263 e. The molecule has 1 heterocycles. The molecule has 0 aliphatic carbocycles. The summed E-state index contributed by atoms with van der Waals surface area (Å²) in [6, 6.07) is 5.48. The normalized spacial score (nSPS) is 12.3. The number of carbonyl (C=O) groups is 2. The molecule has 1 atom stereocenters. The van der Waals surface area contributed by atoms with Crippen molar-refractivity contribution in [1.29, 1.82) is 0 Å². The van der Waals surface area contributed by atoms with E-state index in [1.807, 2.05) is 25.1 Å². The van der Waals surface area contributed by atoms with Crippen LogP contribution < -0.4 is 16.8 Å². The number of hydrogen-bond acceptors (Lipinski definition) is 4. The van der Waals surface area contributed by atoms with E-state index in [9.17, 15) is 9.59 Å². The largest absolute Gasteiger partial charge is 0.397 e. The van der Waals surface area contributed by atoms with Gasteiger partial charge in [0, 0.05) is 22.5 Å². The third kappa shape index (κ3) is 2.75. The Balaban J connectivity index is 2.29. The summed E-state index contributed by atoms with van der Waals surface area (Å²) >= 11 is 1.37. The van der Waals surface area contributed by atoms with Crippen molar-refractivity contribution in [2.75, 3.05) is 5.73 Å². The average molecular weight is 291 g/mol. The number of nitrogens with two attached hydrogens (primary N) is 2. The maximum absolute atomic E-state index is 12.2. The molecule has 0 fully saturated rings. The van der Waals surface area contributed by atoms with E-state index in [0.717, 1.165) is 15.6 Å². The first-order valence-electron chi connectivity index (χ1n) is 6.27. The summed E-state index contributed by atoms with van der Waals surface area (Å²) in [5.74, 6) is -0.713. The number of thiophene rings is 1. The monoisotopic (exact) mass is 291 g/mol. The van der Waals surface area contributed by atoms with Crippen molar-refractivity contribution in [2.24, 2.45) is 5.73 Å². The first-order valence-corrected chi connectivity index (χ1v) is 7.08. The minimum absolute atomic E-state index is 0.107. The lowest BCUT2D eigenvalue weighted by molar-refractivity contribution is -0.118. The number of anilines is 1. The molecule has 1 unspecified atom stereocenters. The van der Waals surface area contributed by atoms with Gasteiger partial charge in [-0.05, 0) is 19.4 Å². The van der Waals surface area contributed by atoms with Gasteiger partial charge >= 0.3 is 0 Å². The molecule has 6 heteroatoms. The van der Waals surface area contributed by atoms with E-state index in [1.165, 1.54) is 11.3 Å². The van der Waals surface area contributed by atoms with Crippen LogP contribution in [-0.4, -0.2) is 17.9 Å². The molecule has 0 aliphatic rings. The third-order valence-corrected chi connectivity index (χ3v) is 4.40. The zero-order chi connectivity index (χ0) is 14.9. The Hall–Kier alpha value is -2.08. The Bertz CT molecular complexity index is 678. The second-order valence-electron chi connectivity index (χ2n) is 4.84. The fourth-order valence-corrected chi connectivity index (χ4v) is 3.18. The van der Waals surface area contributed by atoms with Crippen LogP contribution in [0.3, 0.4) is 0 Å². The van der Waals surface area contributed by atoms with E-state index >= 15 is 0 Å². The molecule has 2 rings (SSSR count). The molecule has 0 aliphatic heterocycles. The predicted octanol–water partition coefficient (Wildman–Crippen LogP) is 1.79. The lowest BCUT2D eigenvalue weighted by Crippen LogP contribution is -2.35. The first-order chi connectivity index (χ1) is 9.40. The first kappa shape index (κ1) is 14.3. The quantitative estimate of drug-likeness (QED) is 0.800. The van der Waals surface area contributed by atoms with Gasteiger partial charge in [0.15, 0.2) is 0 Å². The van der Waals surface area contributed by atoms with Gasteiger partial charge in [-0.3, -0.25) is 9.59 Å². The molecule has 0 saturated carbocycles. The molecular weight excluding hydrogens is 274 g/mol. The van der Waals surface area contributed by atoms with Crippen LogP contribution in [0.4, 0.5) is 5.69 Å². The van der Waals surface area contributed by atoms with E-state index in [0.29, 0.717) is 10.6 Å². The summed E-state index contributed by atoms with van der Waals surface area (Å²) < 4.78 is 1.01. The number of primary amides is 1. The number of rotatable bonds is 4. The van der Waals surface area contributed by atoms with E-state index < -0.39 is 5.91 Å². The van der Waals surface area contributed by atoms with Gasteiger partial charge in [0.2, 0.25) is 5.91 Å². The van der Waals surface area contributed by atoms with Gasteiger partial charge in [-0.1, -0.05) is 18.2 Å². The zero-order valence-corrected chi connectivity index (χ0v) is 12.2. The fourth-order valence-electron chi connectivity index (χ4n) is 2.09. The van der Waals surface area contributed by atoms with Crippen LogP contribution in [0.5, 0.6) is 0 Å². The van der Waals surface area contributed by atoms with Crippen molar-refractivity contribution in [2.45, 2.75) is 26.3 Å². The Morgan fingerprint density at radius 3 is 2.70 bits per heavy atom. The maximum atomic E-state index is 12.2. The van der Waals surface area contributed by atoms with Crippen molar-refractivity contribution < 1.29 is 9.59 Å². The Labute approximate surface area is 120 Å². The number of benzene rings is 1. The van der Waals surface area contributed by atoms with Gasteiger partial charge in [0.1, 0.15) is 4.88 Å². The molecular formula is C14H17N3O2S. The summed E-state index contributed by atoms with van der Waals surface area (Å²) in [4.78, 5) is 23.5. The summed E-state index contributed by atoms with van der Waals surface area (Å²) in [7, 11) is 0. The molecule has 2 amide bonds. The summed E-state index contributed by atoms with van der Waals surface area (Å²) in [5.41, 5.74) is 12.7. The summed E-state index contributed by atoms with van der Waals surface area (Å²) in [5, 5.41) is 3.63. The van der Waals surface area contributed by atoms with Crippen LogP contribution in [0.1, 0.15) is 28.6 Å². The van der Waals surface area contributed by atoms with Crippen LogP contribution in [-0.2, 0) is 4.79 Å². The van der Waals surface area contributed by atoms with E-state index in [4.69, 9.17) is 11.5 Å². The summed E-state index contributed by atoms with van der Waals surface area (Å²) in [6.07, 6.45) is 0.107. The van der Waals surface area contributed by atoms with E-state index in [1.54, 1.807) is 6.92 Å². The summed E-state index contributed by atoms with van der Waals surface area (Å²) in [6.45, 7) is 3.72. The highest BCUT2D eigenvalue weighted by atomic mass is 32.1. The molecule has 106 valence electrons. The van der Waals surface area contributed by atoms with Crippen LogP contribution in [0.2, 0.25) is 0 Å². The Kier molecular flexibility index (Phi) is 3.94. The Morgan fingerprint density at radius 2 is 2.10 bits per heavy atom. The number of fused-ring (bicyclic) bond motifs is 1. The van der Waals surface area contributed by atoms with Crippen LogP contribution in [0.15, 0.2) is 18.2 Å². The van der Waals surface area contributed by atoms with E-state index in [-0.39, 0.29) is 18.4 Å². The standard InChI is InChI=1S/C14H17N3O2S/c1-7-4-3-5-9-11(16)13(20-12(7)9)14(19)17-8(2)6-10(15)18/h3-5,8H,6,16H2,1-2H3,(H2,15,18)(H,17,19). The van der Waals surface area contributed by atoms with Gasteiger partial charge in [-0.25, -0.2) is 0 Å². The van der Waals surface area contributed by atoms with Crippen LogP contribution in [0, 0.1) is 6.92 Å². The lowest BCUT2D eigenvalue weighted by atomic mass is 10.1. The molecule has 0 radical (unpaired) electrons. The van der Waals surface area contributed by atoms with Gasteiger partial charge in [0.25, 0.3) is 5.91 Å². The Morgan fingerprint density at radius 1 is 1.40 bits per heavy atom. The van der Waals surface area contributed by atoms with Crippen LogP contribution in [0.25, 0.3) is 10.1 Å². The molecule has 1 aromatic carbocycles. The molecule has 5 nitrogen and oxygen atoms in total. The third-order valence-electron chi connectivity index (χ3n) is 3.04. The SMILES string of the molecule is Cc1cccc2c(N)c(C(=O)NC(C)CC(N)=O)sc12. The van der Waals surface area contributed by atoms with Crippen molar-refractivity contribution in [3.63, 3.8) is 0 Å².